The van der Waals surface area contributed by atoms with E-state index < -0.39 is 0 Å². The largest absolute Gasteiger partial charge is 0.386 e. The van der Waals surface area contributed by atoms with Crippen LogP contribution in [0.5, 0.6) is 0 Å². The first-order valence-corrected chi connectivity index (χ1v) is 6.54. The normalized spacial score (nSPS) is 11.2. The number of benzene rings is 1. The highest BCUT2D eigenvalue weighted by molar-refractivity contribution is 6.02. The van der Waals surface area contributed by atoms with Gasteiger partial charge < -0.3 is 16.8 Å². The Bertz CT molecular complexity index is 704. The molecule has 0 saturated carbocycles. The molecule has 0 saturated heterocycles. The monoisotopic (exact) mass is 281 g/mol. The molecule has 0 radical (unpaired) electrons. The number of anilines is 1. The van der Waals surface area contributed by atoms with Crippen LogP contribution < -0.4 is 16.8 Å². The fraction of sp³-hybridized carbons (Fsp3) is 0.125. The lowest BCUT2D eigenvalue weighted by Crippen LogP contribution is -2.18. The Morgan fingerprint density at radius 2 is 1.90 bits per heavy atom. The van der Waals surface area contributed by atoms with Gasteiger partial charge in [0.2, 0.25) is 0 Å². The zero-order valence-corrected chi connectivity index (χ0v) is 12.2. The minimum Gasteiger partial charge on any atom is -0.386 e. The van der Waals surface area contributed by atoms with Crippen LogP contribution in [0.3, 0.4) is 0 Å². The molecule has 108 valence electrons. The molecule has 0 fully saturated rings. The quantitative estimate of drug-likeness (QED) is 0.592. The molecule has 0 unspecified atom stereocenters. The third-order valence-corrected chi connectivity index (χ3v) is 3.11. The molecule has 21 heavy (non-hydrogen) atoms. The number of hydrogen-bond donors (Lipinski definition) is 3. The Hall–Kier alpha value is -2.82. The topological polar surface area (TPSA) is 89.3 Å². The highest BCUT2D eigenvalue weighted by atomic mass is 15.1. The highest BCUT2D eigenvalue weighted by Crippen LogP contribution is 2.24. The number of aryl methyl sites for hydroxylation is 1. The zero-order chi connectivity index (χ0) is 15.4. The molecule has 0 bridgehead atoms. The summed E-state index contributed by atoms with van der Waals surface area (Å²) in [5.41, 5.74) is 15.3. The predicted molar refractivity (Wildman–Crippen MR) is 88.0 cm³/mol. The molecule has 5 heteroatoms. The van der Waals surface area contributed by atoms with E-state index >= 15 is 0 Å². The van der Waals surface area contributed by atoms with Crippen molar-refractivity contribution in [2.45, 2.75) is 6.92 Å². The van der Waals surface area contributed by atoms with Gasteiger partial charge in [-0.15, -0.1) is 0 Å². The molecule has 5 nitrogen and oxygen atoms in total. The molecule has 1 heterocycles. The number of amidine groups is 1. The van der Waals surface area contributed by atoms with Gasteiger partial charge in [0, 0.05) is 12.6 Å². The molecule has 5 N–H and O–H groups in total. The number of rotatable bonds is 4. The van der Waals surface area contributed by atoms with Gasteiger partial charge in [0.25, 0.3) is 0 Å². The second kappa shape index (κ2) is 6.09. The molecule has 2 aromatic rings. The summed E-state index contributed by atoms with van der Waals surface area (Å²) in [6, 6.07) is 11.8. The van der Waals surface area contributed by atoms with Crippen molar-refractivity contribution in [1.29, 1.82) is 0 Å². The number of pyridine rings is 1. The van der Waals surface area contributed by atoms with Crippen LogP contribution in [-0.2, 0) is 0 Å². The van der Waals surface area contributed by atoms with E-state index in [0.717, 1.165) is 16.8 Å². The third-order valence-electron chi connectivity index (χ3n) is 3.11. The van der Waals surface area contributed by atoms with Crippen LogP contribution in [-0.4, -0.2) is 17.9 Å². The van der Waals surface area contributed by atoms with Crippen molar-refractivity contribution in [3.8, 4) is 11.3 Å². The second-order valence-electron chi connectivity index (χ2n) is 4.67. The van der Waals surface area contributed by atoms with E-state index in [1.165, 1.54) is 0 Å². The van der Waals surface area contributed by atoms with Crippen molar-refractivity contribution < 1.29 is 0 Å². The maximum absolute atomic E-state index is 5.89. The van der Waals surface area contributed by atoms with E-state index in [0.29, 0.717) is 23.0 Å². The SMILES string of the molecule is C=C(N)Nc1nc(-c2ccccc2C)ccc1C(N)=NC. The summed E-state index contributed by atoms with van der Waals surface area (Å²) >= 11 is 0. The standard InChI is InChI=1S/C16H19N5/c1-10-6-4-5-7-12(10)14-9-8-13(15(18)19-3)16(21-14)20-11(2)17/h4-9H,2,17H2,1,3H3,(H2,18,19)(H,20,21). The van der Waals surface area contributed by atoms with Crippen LogP contribution in [0.15, 0.2) is 53.8 Å². The average molecular weight is 281 g/mol. The van der Waals surface area contributed by atoms with Crippen molar-refractivity contribution in [2.75, 3.05) is 12.4 Å². The summed E-state index contributed by atoms with van der Waals surface area (Å²) in [5, 5.41) is 2.93. The van der Waals surface area contributed by atoms with E-state index in [9.17, 15) is 0 Å². The fourth-order valence-electron chi connectivity index (χ4n) is 2.04. The Labute approximate surface area is 124 Å². The lowest BCUT2D eigenvalue weighted by atomic mass is 10.0. The van der Waals surface area contributed by atoms with E-state index in [-0.39, 0.29) is 0 Å². The van der Waals surface area contributed by atoms with Crippen molar-refractivity contribution >= 4 is 11.7 Å². The summed E-state index contributed by atoms with van der Waals surface area (Å²) in [4.78, 5) is 8.59. The van der Waals surface area contributed by atoms with E-state index in [4.69, 9.17) is 11.5 Å². The molecule has 1 aromatic carbocycles. The molecule has 0 amide bonds. The number of nitrogens with two attached hydrogens (primary N) is 2. The maximum Gasteiger partial charge on any atom is 0.143 e. The molecule has 1 aromatic heterocycles. The van der Waals surface area contributed by atoms with Gasteiger partial charge in [0.1, 0.15) is 11.7 Å². The van der Waals surface area contributed by atoms with Crippen molar-refractivity contribution in [3.05, 3.63) is 59.9 Å². The van der Waals surface area contributed by atoms with E-state index in [2.05, 4.69) is 21.9 Å². The van der Waals surface area contributed by atoms with Crippen LogP contribution in [0.25, 0.3) is 11.3 Å². The molecule has 0 aliphatic rings. The maximum atomic E-state index is 5.89. The van der Waals surface area contributed by atoms with Crippen LogP contribution >= 0.6 is 0 Å². The predicted octanol–water partition coefficient (Wildman–Crippen LogP) is 2.23. The summed E-state index contributed by atoms with van der Waals surface area (Å²) in [5.74, 6) is 1.24. The van der Waals surface area contributed by atoms with Crippen molar-refractivity contribution in [3.63, 3.8) is 0 Å². The van der Waals surface area contributed by atoms with Crippen LogP contribution in [0.1, 0.15) is 11.1 Å². The van der Waals surface area contributed by atoms with Gasteiger partial charge in [-0.25, -0.2) is 4.98 Å². The summed E-state index contributed by atoms with van der Waals surface area (Å²) in [7, 11) is 1.63. The first-order chi connectivity index (χ1) is 10.0. The van der Waals surface area contributed by atoms with Crippen LogP contribution in [0.2, 0.25) is 0 Å². The minimum absolute atomic E-state index is 0.301. The summed E-state index contributed by atoms with van der Waals surface area (Å²) in [6.45, 7) is 5.69. The Morgan fingerprint density at radius 3 is 2.52 bits per heavy atom. The molecular formula is C16H19N5. The van der Waals surface area contributed by atoms with Gasteiger partial charge >= 0.3 is 0 Å². The zero-order valence-electron chi connectivity index (χ0n) is 12.2. The molecule has 0 spiro atoms. The number of aromatic nitrogens is 1. The van der Waals surface area contributed by atoms with E-state index in [1.54, 1.807) is 7.05 Å². The van der Waals surface area contributed by atoms with Gasteiger partial charge in [-0.2, -0.15) is 0 Å². The van der Waals surface area contributed by atoms with Gasteiger partial charge in [-0.05, 0) is 24.6 Å². The van der Waals surface area contributed by atoms with E-state index in [1.807, 2.05) is 43.3 Å². The Balaban J connectivity index is 2.56. The number of nitrogens with one attached hydrogen (secondary N) is 1. The molecule has 0 aliphatic carbocycles. The van der Waals surface area contributed by atoms with Crippen molar-refractivity contribution in [2.24, 2.45) is 16.5 Å². The van der Waals surface area contributed by atoms with Gasteiger partial charge in [0.15, 0.2) is 0 Å². The van der Waals surface area contributed by atoms with Crippen LogP contribution in [0, 0.1) is 6.92 Å². The minimum atomic E-state index is 0.301. The molecule has 0 aliphatic heterocycles. The fourth-order valence-corrected chi connectivity index (χ4v) is 2.04. The summed E-state index contributed by atoms with van der Waals surface area (Å²) < 4.78 is 0. The van der Waals surface area contributed by atoms with Gasteiger partial charge in [-0.1, -0.05) is 30.8 Å². The first kappa shape index (κ1) is 14.6. The molecular weight excluding hydrogens is 262 g/mol. The summed E-state index contributed by atoms with van der Waals surface area (Å²) in [6.07, 6.45) is 0. The third kappa shape index (κ3) is 3.20. The lowest BCUT2D eigenvalue weighted by molar-refractivity contribution is 1.22. The van der Waals surface area contributed by atoms with Crippen LogP contribution in [0.4, 0.5) is 5.82 Å². The number of aliphatic imine (C=N–C) groups is 1. The first-order valence-electron chi connectivity index (χ1n) is 6.54. The highest BCUT2D eigenvalue weighted by Gasteiger charge is 2.11. The Kier molecular flexibility index (Phi) is 4.23. The number of nitrogens with zero attached hydrogens (tertiary/aromatic N) is 2. The Morgan fingerprint density at radius 1 is 1.19 bits per heavy atom. The van der Waals surface area contributed by atoms with Gasteiger partial charge in [-0.3, -0.25) is 4.99 Å². The molecule has 2 rings (SSSR count). The average Bonchev–Trinajstić information content (AvgIpc) is 2.46. The smallest absolute Gasteiger partial charge is 0.143 e. The van der Waals surface area contributed by atoms with Crippen molar-refractivity contribution in [1.82, 2.24) is 4.98 Å². The van der Waals surface area contributed by atoms with Gasteiger partial charge in [0.05, 0.1) is 17.1 Å². The second-order valence-corrected chi connectivity index (χ2v) is 4.67. The molecule has 0 atom stereocenters. The number of hydrogen-bond acceptors (Lipinski definition) is 4. The lowest BCUT2D eigenvalue weighted by Gasteiger charge is -2.13.